The molecule has 0 bridgehead atoms. The van der Waals surface area contributed by atoms with Gasteiger partial charge in [0.1, 0.15) is 5.75 Å². The van der Waals surface area contributed by atoms with Crippen LogP contribution in [0.25, 0.3) is 0 Å². The zero-order chi connectivity index (χ0) is 15.0. The van der Waals surface area contributed by atoms with Crippen LogP contribution in [0.4, 0.5) is 5.69 Å². The summed E-state index contributed by atoms with van der Waals surface area (Å²) >= 11 is 0. The number of fused-ring (bicyclic) bond motifs is 1. The zero-order valence-electron chi connectivity index (χ0n) is 11.3. The summed E-state index contributed by atoms with van der Waals surface area (Å²) in [5.41, 5.74) is 6.39. The monoisotopic (exact) mass is 288 g/mol. The highest BCUT2D eigenvalue weighted by molar-refractivity contribution is 5.99. The first-order valence-electron chi connectivity index (χ1n) is 6.80. The number of anilines is 1. The zero-order valence-corrected chi connectivity index (χ0v) is 11.3. The third-order valence-corrected chi connectivity index (χ3v) is 3.75. The van der Waals surface area contributed by atoms with Gasteiger partial charge in [0.25, 0.3) is 0 Å². The first-order chi connectivity index (χ1) is 10.1. The molecule has 3 atom stereocenters. The molecule has 1 aliphatic carbocycles. The Balaban J connectivity index is 1.91. The summed E-state index contributed by atoms with van der Waals surface area (Å²) in [6.07, 6.45) is 3.10. The largest absolute Gasteiger partial charge is 0.478 e. The van der Waals surface area contributed by atoms with Crippen molar-refractivity contribution in [3.8, 4) is 5.75 Å². The second-order valence-electron chi connectivity index (χ2n) is 5.25. The Hall–Kier alpha value is -2.34. The number of nitrogens with two attached hydrogens (primary N) is 1. The number of amides is 1. The highest BCUT2D eigenvalue weighted by Crippen LogP contribution is 2.35. The van der Waals surface area contributed by atoms with Gasteiger partial charge in [0, 0.05) is 6.04 Å². The number of rotatable bonds is 2. The molecule has 0 radical (unpaired) electrons. The minimum atomic E-state index is -1.08. The summed E-state index contributed by atoms with van der Waals surface area (Å²) < 4.78 is 5.42. The van der Waals surface area contributed by atoms with Crippen LogP contribution < -0.4 is 15.4 Å². The van der Waals surface area contributed by atoms with Crippen LogP contribution in [0.2, 0.25) is 0 Å². The van der Waals surface area contributed by atoms with E-state index in [-0.39, 0.29) is 24.4 Å². The molecule has 1 amide bonds. The number of hydrogen-bond acceptors (Lipinski definition) is 4. The van der Waals surface area contributed by atoms with Crippen LogP contribution in [0, 0.1) is 5.92 Å². The molecule has 110 valence electrons. The second kappa shape index (κ2) is 5.21. The summed E-state index contributed by atoms with van der Waals surface area (Å²) in [7, 11) is 0. The summed E-state index contributed by atoms with van der Waals surface area (Å²) in [5, 5.41) is 9.17. The number of aliphatic carboxylic acids is 1. The number of para-hydroxylation sites is 2. The Labute approximate surface area is 121 Å². The minimum Gasteiger partial charge on any atom is -0.478 e. The van der Waals surface area contributed by atoms with E-state index < -0.39 is 12.1 Å². The van der Waals surface area contributed by atoms with Gasteiger partial charge in [-0.05, 0) is 18.6 Å². The number of hydrogen-bond donors (Lipinski definition) is 2. The van der Waals surface area contributed by atoms with E-state index in [4.69, 9.17) is 10.5 Å². The van der Waals surface area contributed by atoms with Gasteiger partial charge in [0.15, 0.2) is 0 Å². The van der Waals surface area contributed by atoms with Crippen molar-refractivity contribution in [1.29, 1.82) is 0 Å². The molecule has 0 spiro atoms. The van der Waals surface area contributed by atoms with Gasteiger partial charge in [-0.2, -0.15) is 0 Å². The van der Waals surface area contributed by atoms with E-state index in [1.54, 1.807) is 30.3 Å². The predicted octanol–water partition coefficient (Wildman–Crippen LogP) is 0.769. The molecule has 6 nitrogen and oxygen atoms in total. The molecule has 0 fully saturated rings. The molecule has 0 saturated heterocycles. The van der Waals surface area contributed by atoms with Crippen molar-refractivity contribution >= 4 is 17.6 Å². The van der Waals surface area contributed by atoms with Gasteiger partial charge < -0.3 is 20.5 Å². The summed E-state index contributed by atoms with van der Waals surface area (Å²) in [5.74, 6) is -1.11. The maximum atomic E-state index is 12.6. The van der Waals surface area contributed by atoms with Crippen molar-refractivity contribution in [2.24, 2.45) is 11.7 Å². The van der Waals surface area contributed by atoms with Gasteiger partial charge in [-0.3, -0.25) is 4.79 Å². The molecule has 1 aliphatic heterocycles. The van der Waals surface area contributed by atoms with Gasteiger partial charge in [-0.15, -0.1) is 0 Å². The van der Waals surface area contributed by atoms with Crippen LogP contribution in [-0.2, 0) is 9.59 Å². The Morgan fingerprint density at radius 3 is 2.71 bits per heavy atom. The fraction of sp³-hybridized carbons (Fsp3) is 0.333. The minimum absolute atomic E-state index is 0.00472. The van der Waals surface area contributed by atoms with Crippen molar-refractivity contribution in [2.75, 3.05) is 11.4 Å². The lowest BCUT2D eigenvalue weighted by molar-refractivity contribution is -0.145. The third-order valence-electron chi connectivity index (χ3n) is 3.75. The van der Waals surface area contributed by atoms with Gasteiger partial charge in [0.05, 0.1) is 18.2 Å². The second-order valence-corrected chi connectivity index (χ2v) is 5.25. The van der Waals surface area contributed by atoms with E-state index in [0.717, 1.165) is 0 Å². The Morgan fingerprint density at radius 1 is 1.29 bits per heavy atom. The Kier molecular flexibility index (Phi) is 3.39. The van der Waals surface area contributed by atoms with Crippen molar-refractivity contribution < 1.29 is 19.4 Å². The van der Waals surface area contributed by atoms with Gasteiger partial charge in [-0.25, -0.2) is 4.79 Å². The summed E-state index contributed by atoms with van der Waals surface area (Å²) in [6.45, 7) is 0.00472. The lowest BCUT2D eigenvalue weighted by Crippen LogP contribution is -2.48. The average Bonchev–Trinajstić information content (AvgIpc) is 2.92. The van der Waals surface area contributed by atoms with E-state index in [2.05, 4.69) is 0 Å². The smallest absolute Gasteiger partial charge is 0.346 e. The van der Waals surface area contributed by atoms with E-state index in [1.165, 1.54) is 4.90 Å². The molecule has 0 saturated carbocycles. The molecule has 6 heteroatoms. The Bertz CT molecular complexity index is 613. The van der Waals surface area contributed by atoms with Crippen LogP contribution in [0.5, 0.6) is 5.75 Å². The first kappa shape index (κ1) is 13.6. The normalized spacial score (nSPS) is 27.1. The lowest BCUT2D eigenvalue weighted by Gasteiger charge is -2.34. The van der Waals surface area contributed by atoms with Gasteiger partial charge >= 0.3 is 5.97 Å². The molecule has 1 heterocycles. The number of carboxylic acids is 1. The van der Waals surface area contributed by atoms with Crippen LogP contribution in [0.1, 0.15) is 6.42 Å². The highest BCUT2D eigenvalue weighted by atomic mass is 16.5. The molecular formula is C15H16N2O4. The number of benzene rings is 1. The average molecular weight is 288 g/mol. The molecule has 3 N–H and O–H groups in total. The molecule has 3 rings (SSSR count). The highest BCUT2D eigenvalue weighted by Gasteiger charge is 2.36. The maximum Gasteiger partial charge on any atom is 0.346 e. The predicted molar refractivity (Wildman–Crippen MR) is 76.1 cm³/mol. The first-order valence-corrected chi connectivity index (χ1v) is 6.80. The maximum absolute atomic E-state index is 12.6. The van der Waals surface area contributed by atoms with E-state index in [1.807, 2.05) is 6.08 Å². The molecule has 3 unspecified atom stereocenters. The SMILES string of the molecule is NC1C=CC(C(=O)N2CC(C(=O)O)Oc3ccccc32)C1. The van der Waals surface area contributed by atoms with Crippen LogP contribution in [-0.4, -0.2) is 35.7 Å². The van der Waals surface area contributed by atoms with Crippen molar-refractivity contribution in [3.05, 3.63) is 36.4 Å². The standard InChI is InChI=1S/C15H16N2O4/c16-10-6-5-9(7-10)14(18)17-8-13(15(19)20)21-12-4-2-1-3-11(12)17/h1-6,9-10,13H,7-8,16H2,(H,19,20). The molecule has 1 aromatic rings. The number of carboxylic acid groups (broad SMARTS) is 1. The summed E-state index contributed by atoms with van der Waals surface area (Å²) in [6, 6.07) is 6.84. The molecule has 0 aromatic heterocycles. The number of carbonyl (C=O) groups is 2. The van der Waals surface area contributed by atoms with Crippen molar-refractivity contribution in [3.63, 3.8) is 0 Å². The molecule has 1 aromatic carbocycles. The quantitative estimate of drug-likeness (QED) is 0.784. The molecule has 21 heavy (non-hydrogen) atoms. The summed E-state index contributed by atoms with van der Waals surface area (Å²) in [4.78, 5) is 25.3. The van der Waals surface area contributed by atoms with E-state index in [0.29, 0.717) is 17.9 Å². The van der Waals surface area contributed by atoms with E-state index in [9.17, 15) is 14.7 Å². The van der Waals surface area contributed by atoms with Crippen molar-refractivity contribution in [2.45, 2.75) is 18.6 Å². The van der Waals surface area contributed by atoms with Gasteiger partial charge in [0.2, 0.25) is 12.0 Å². The van der Waals surface area contributed by atoms with Gasteiger partial charge in [-0.1, -0.05) is 24.3 Å². The number of nitrogens with zero attached hydrogens (tertiary/aromatic N) is 1. The number of carbonyl (C=O) groups excluding carboxylic acids is 1. The van der Waals surface area contributed by atoms with Crippen LogP contribution in [0.15, 0.2) is 36.4 Å². The lowest BCUT2D eigenvalue weighted by atomic mass is 10.0. The van der Waals surface area contributed by atoms with Crippen molar-refractivity contribution in [1.82, 2.24) is 0 Å². The molecular weight excluding hydrogens is 272 g/mol. The number of ether oxygens (including phenoxy) is 1. The topological polar surface area (TPSA) is 92.9 Å². The fourth-order valence-corrected chi connectivity index (χ4v) is 2.68. The molecule has 2 aliphatic rings. The fourth-order valence-electron chi connectivity index (χ4n) is 2.68. The van der Waals surface area contributed by atoms with Crippen LogP contribution in [0.3, 0.4) is 0 Å². The van der Waals surface area contributed by atoms with E-state index >= 15 is 0 Å². The third kappa shape index (κ3) is 2.50. The van der Waals surface area contributed by atoms with Crippen LogP contribution >= 0.6 is 0 Å². The Morgan fingerprint density at radius 2 is 2.05 bits per heavy atom.